The van der Waals surface area contributed by atoms with Gasteiger partial charge in [0.05, 0.1) is 5.69 Å². The van der Waals surface area contributed by atoms with E-state index < -0.39 is 0 Å². The first-order valence-corrected chi connectivity index (χ1v) is 8.30. The summed E-state index contributed by atoms with van der Waals surface area (Å²) in [6.07, 6.45) is 0. The van der Waals surface area contributed by atoms with E-state index in [4.69, 9.17) is 0 Å². The average Bonchev–Trinajstić information content (AvgIpc) is 2.70. The monoisotopic (exact) mass is 341 g/mol. The third kappa shape index (κ3) is 3.59. The molecule has 0 saturated carbocycles. The maximum Gasteiger partial charge on any atom is 0.162 e. The van der Waals surface area contributed by atoms with E-state index in [0.717, 1.165) is 22.5 Å². The summed E-state index contributed by atoms with van der Waals surface area (Å²) in [5.41, 5.74) is 3.43. The van der Waals surface area contributed by atoms with Gasteiger partial charge in [-0.25, -0.2) is 14.4 Å². The molecule has 0 aliphatic carbocycles. The molecule has 0 aliphatic rings. The number of halogens is 1. The normalized spacial score (nSPS) is 10.5. The van der Waals surface area contributed by atoms with Gasteiger partial charge >= 0.3 is 0 Å². The highest BCUT2D eigenvalue weighted by atomic mass is 19.1. The molecule has 1 heterocycles. The van der Waals surface area contributed by atoms with Crippen LogP contribution in [0.4, 0.5) is 15.9 Å². The second kappa shape index (κ2) is 7.15. The van der Waals surface area contributed by atoms with Crippen molar-refractivity contribution in [1.82, 2.24) is 9.97 Å². The summed E-state index contributed by atoms with van der Waals surface area (Å²) in [6, 6.07) is 27.8. The van der Waals surface area contributed by atoms with Crippen molar-refractivity contribution < 1.29 is 4.39 Å². The predicted octanol–water partition coefficient (Wildman–Crippen LogP) is 5.69. The van der Waals surface area contributed by atoms with E-state index in [1.54, 1.807) is 12.1 Å². The summed E-state index contributed by atoms with van der Waals surface area (Å²) in [7, 11) is 0. The van der Waals surface area contributed by atoms with Crippen molar-refractivity contribution in [3.05, 3.63) is 96.8 Å². The van der Waals surface area contributed by atoms with Gasteiger partial charge in [0.25, 0.3) is 0 Å². The van der Waals surface area contributed by atoms with E-state index in [1.807, 2.05) is 66.7 Å². The summed E-state index contributed by atoms with van der Waals surface area (Å²) in [5.74, 6) is 1.03. The number of benzene rings is 3. The Morgan fingerprint density at radius 2 is 1.31 bits per heavy atom. The summed E-state index contributed by atoms with van der Waals surface area (Å²) in [6.45, 7) is 0. The summed E-state index contributed by atoms with van der Waals surface area (Å²) >= 11 is 0. The van der Waals surface area contributed by atoms with Gasteiger partial charge in [0.2, 0.25) is 0 Å². The topological polar surface area (TPSA) is 37.8 Å². The van der Waals surface area contributed by atoms with Crippen LogP contribution in [0.1, 0.15) is 0 Å². The first kappa shape index (κ1) is 16.0. The molecular weight excluding hydrogens is 325 g/mol. The van der Waals surface area contributed by atoms with Gasteiger partial charge in [0.1, 0.15) is 11.6 Å². The zero-order valence-corrected chi connectivity index (χ0v) is 13.9. The van der Waals surface area contributed by atoms with Crippen molar-refractivity contribution in [2.45, 2.75) is 0 Å². The van der Waals surface area contributed by atoms with Crippen LogP contribution in [0.15, 0.2) is 91.0 Å². The molecule has 1 aromatic heterocycles. The molecule has 0 aliphatic heterocycles. The average molecular weight is 341 g/mol. The zero-order valence-electron chi connectivity index (χ0n) is 13.9. The molecule has 0 fully saturated rings. The molecule has 0 bridgehead atoms. The van der Waals surface area contributed by atoms with Crippen LogP contribution in [0.2, 0.25) is 0 Å². The first-order valence-electron chi connectivity index (χ1n) is 8.30. The second-order valence-corrected chi connectivity index (χ2v) is 5.83. The lowest BCUT2D eigenvalue weighted by Crippen LogP contribution is -1.99. The fraction of sp³-hybridized carbons (Fsp3) is 0. The third-order valence-electron chi connectivity index (χ3n) is 3.94. The minimum absolute atomic E-state index is 0.270. The van der Waals surface area contributed by atoms with Crippen molar-refractivity contribution >= 4 is 11.5 Å². The zero-order chi connectivity index (χ0) is 17.8. The van der Waals surface area contributed by atoms with E-state index in [-0.39, 0.29) is 5.82 Å². The molecule has 3 aromatic carbocycles. The van der Waals surface area contributed by atoms with E-state index in [0.29, 0.717) is 11.6 Å². The molecule has 4 heteroatoms. The summed E-state index contributed by atoms with van der Waals surface area (Å²) in [5, 5.41) is 3.31. The van der Waals surface area contributed by atoms with E-state index in [2.05, 4.69) is 15.3 Å². The van der Waals surface area contributed by atoms with Gasteiger partial charge in [-0.15, -0.1) is 0 Å². The highest BCUT2D eigenvalue weighted by molar-refractivity contribution is 5.69. The van der Waals surface area contributed by atoms with Crippen molar-refractivity contribution in [2.75, 3.05) is 5.32 Å². The molecule has 0 spiro atoms. The Kier molecular flexibility index (Phi) is 4.39. The highest BCUT2D eigenvalue weighted by Crippen LogP contribution is 2.26. The first-order chi connectivity index (χ1) is 12.8. The lowest BCUT2D eigenvalue weighted by molar-refractivity contribution is 0.628. The van der Waals surface area contributed by atoms with Crippen molar-refractivity contribution in [2.24, 2.45) is 0 Å². The molecule has 0 atom stereocenters. The molecule has 0 radical (unpaired) electrons. The van der Waals surface area contributed by atoms with Crippen molar-refractivity contribution in [3.8, 4) is 22.6 Å². The van der Waals surface area contributed by atoms with Crippen LogP contribution >= 0.6 is 0 Å². The van der Waals surface area contributed by atoms with E-state index >= 15 is 0 Å². The SMILES string of the molecule is Fc1ccc(-c2cc(Nc3ccccc3)nc(-c3ccccc3)n2)cc1. The Morgan fingerprint density at radius 1 is 0.654 bits per heavy atom. The maximum absolute atomic E-state index is 13.3. The van der Waals surface area contributed by atoms with Gasteiger partial charge in [-0.3, -0.25) is 0 Å². The Morgan fingerprint density at radius 3 is 2.00 bits per heavy atom. The Bertz CT molecular complexity index is 1000. The van der Waals surface area contributed by atoms with Crippen LogP contribution in [-0.4, -0.2) is 9.97 Å². The number of para-hydroxylation sites is 1. The number of aromatic nitrogens is 2. The standard InChI is InChI=1S/C22H16FN3/c23-18-13-11-16(12-14-18)20-15-21(24-19-9-5-2-6-10-19)26-22(25-20)17-7-3-1-4-8-17/h1-15H,(H,24,25,26). The minimum Gasteiger partial charge on any atom is -0.340 e. The minimum atomic E-state index is -0.270. The fourth-order valence-corrected chi connectivity index (χ4v) is 2.67. The molecule has 4 rings (SSSR count). The van der Waals surface area contributed by atoms with Crippen LogP contribution in [0.25, 0.3) is 22.6 Å². The number of hydrogen-bond donors (Lipinski definition) is 1. The quantitative estimate of drug-likeness (QED) is 0.518. The highest BCUT2D eigenvalue weighted by Gasteiger charge is 2.09. The smallest absolute Gasteiger partial charge is 0.162 e. The lowest BCUT2D eigenvalue weighted by Gasteiger charge is -2.10. The number of hydrogen-bond acceptors (Lipinski definition) is 3. The molecule has 26 heavy (non-hydrogen) atoms. The molecule has 1 N–H and O–H groups in total. The van der Waals surface area contributed by atoms with Crippen LogP contribution in [0, 0.1) is 5.82 Å². The van der Waals surface area contributed by atoms with Gasteiger partial charge in [0, 0.05) is 22.9 Å². The van der Waals surface area contributed by atoms with Crippen LogP contribution in [-0.2, 0) is 0 Å². The Balaban J connectivity index is 1.80. The van der Waals surface area contributed by atoms with E-state index in [9.17, 15) is 4.39 Å². The molecule has 3 nitrogen and oxygen atoms in total. The van der Waals surface area contributed by atoms with Crippen LogP contribution in [0.5, 0.6) is 0 Å². The molecule has 0 unspecified atom stereocenters. The molecule has 0 amide bonds. The number of rotatable bonds is 4. The second-order valence-electron chi connectivity index (χ2n) is 5.83. The molecule has 4 aromatic rings. The molecule has 0 saturated heterocycles. The Labute approximate surface area is 151 Å². The van der Waals surface area contributed by atoms with Gasteiger partial charge in [-0.1, -0.05) is 48.5 Å². The molecular formula is C22H16FN3. The van der Waals surface area contributed by atoms with Gasteiger partial charge < -0.3 is 5.32 Å². The van der Waals surface area contributed by atoms with Crippen LogP contribution < -0.4 is 5.32 Å². The third-order valence-corrected chi connectivity index (χ3v) is 3.94. The predicted molar refractivity (Wildman–Crippen MR) is 103 cm³/mol. The fourth-order valence-electron chi connectivity index (χ4n) is 2.67. The van der Waals surface area contributed by atoms with Crippen molar-refractivity contribution in [3.63, 3.8) is 0 Å². The number of nitrogens with zero attached hydrogens (tertiary/aromatic N) is 2. The lowest BCUT2D eigenvalue weighted by atomic mass is 10.1. The van der Waals surface area contributed by atoms with Gasteiger partial charge in [-0.2, -0.15) is 0 Å². The summed E-state index contributed by atoms with van der Waals surface area (Å²) < 4.78 is 13.3. The number of anilines is 2. The van der Waals surface area contributed by atoms with Crippen molar-refractivity contribution in [1.29, 1.82) is 0 Å². The van der Waals surface area contributed by atoms with Crippen LogP contribution in [0.3, 0.4) is 0 Å². The summed E-state index contributed by atoms with van der Waals surface area (Å²) in [4.78, 5) is 9.32. The number of nitrogens with one attached hydrogen (secondary N) is 1. The Hall–Kier alpha value is -3.53. The van der Waals surface area contributed by atoms with Gasteiger partial charge in [0.15, 0.2) is 5.82 Å². The molecule has 126 valence electrons. The maximum atomic E-state index is 13.3. The van der Waals surface area contributed by atoms with E-state index in [1.165, 1.54) is 12.1 Å². The largest absolute Gasteiger partial charge is 0.340 e. The van der Waals surface area contributed by atoms with Gasteiger partial charge in [-0.05, 0) is 36.4 Å².